The second kappa shape index (κ2) is 6.33. The number of benzene rings is 1. The minimum Gasteiger partial charge on any atom is -0.495 e. The first-order valence-electron chi connectivity index (χ1n) is 5.59. The highest BCUT2D eigenvalue weighted by molar-refractivity contribution is 6.34. The van der Waals surface area contributed by atoms with E-state index in [1.165, 1.54) is 7.11 Å². The summed E-state index contributed by atoms with van der Waals surface area (Å²) >= 11 is 5.93. The van der Waals surface area contributed by atoms with Crippen LogP contribution in [-0.2, 0) is 16.0 Å². The number of hydrogen-bond donors (Lipinski definition) is 0. The van der Waals surface area contributed by atoms with Gasteiger partial charge in [-0.15, -0.1) is 0 Å². The molecule has 0 unspecified atom stereocenters. The molecule has 0 spiro atoms. The molecule has 1 aromatic carbocycles. The quantitative estimate of drug-likeness (QED) is 0.367. The van der Waals surface area contributed by atoms with Gasteiger partial charge in [-0.2, -0.15) is 0 Å². The van der Waals surface area contributed by atoms with E-state index in [1.54, 1.807) is 6.92 Å². The standard InChI is InChI=1S/C12H12ClNO6/c1-4-7-10(13)9(14(17)18)5-8(11(7)19-3)12(16)20-6(2)15/h5H,4H2,1-3H3. The predicted octanol–water partition coefficient (Wildman–Crippen LogP) is 2.52. The fourth-order valence-corrected chi connectivity index (χ4v) is 2.04. The van der Waals surface area contributed by atoms with Crippen molar-refractivity contribution in [2.45, 2.75) is 20.3 Å². The molecule has 0 bridgehead atoms. The number of carbonyl (C=O) groups is 2. The van der Waals surface area contributed by atoms with E-state index in [-0.39, 0.29) is 16.3 Å². The number of carbonyl (C=O) groups excluding carboxylic acids is 2. The molecule has 0 fully saturated rings. The zero-order chi connectivity index (χ0) is 15.4. The van der Waals surface area contributed by atoms with Gasteiger partial charge in [-0.3, -0.25) is 14.9 Å². The summed E-state index contributed by atoms with van der Waals surface area (Å²) in [5, 5.41) is 10.8. The Kier molecular flexibility index (Phi) is 5.04. The Labute approximate surface area is 119 Å². The van der Waals surface area contributed by atoms with E-state index >= 15 is 0 Å². The van der Waals surface area contributed by atoms with E-state index in [0.717, 1.165) is 13.0 Å². The Morgan fingerprint density at radius 3 is 2.45 bits per heavy atom. The molecule has 0 saturated carbocycles. The van der Waals surface area contributed by atoms with Crippen LogP contribution in [0, 0.1) is 10.1 Å². The van der Waals surface area contributed by atoms with Crippen LogP contribution < -0.4 is 4.74 Å². The van der Waals surface area contributed by atoms with Crippen LogP contribution in [0.4, 0.5) is 5.69 Å². The number of nitrogens with zero attached hydrogens (tertiary/aromatic N) is 1. The van der Waals surface area contributed by atoms with Gasteiger partial charge in [0.1, 0.15) is 16.3 Å². The molecule has 0 atom stereocenters. The number of nitro benzene ring substituents is 1. The molecule has 0 saturated heterocycles. The Balaban J connectivity index is 3.56. The number of nitro groups is 1. The van der Waals surface area contributed by atoms with Crippen molar-refractivity contribution >= 4 is 29.2 Å². The highest BCUT2D eigenvalue weighted by Gasteiger charge is 2.27. The van der Waals surface area contributed by atoms with Crippen LogP contribution in [0.2, 0.25) is 5.02 Å². The van der Waals surface area contributed by atoms with Crippen LogP contribution in [0.25, 0.3) is 0 Å². The smallest absolute Gasteiger partial charge is 0.349 e. The Hall–Kier alpha value is -2.15. The fourth-order valence-electron chi connectivity index (χ4n) is 1.70. The number of methoxy groups -OCH3 is 1. The van der Waals surface area contributed by atoms with Crippen LogP contribution in [-0.4, -0.2) is 24.0 Å². The number of esters is 2. The average Bonchev–Trinajstić information content (AvgIpc) is 2.36. The summed E-state index contributed by atoms with van der Waals surface area (Å²) in [6, 6.07) is 0.936. The van der Waals surface area contributed by atoms with Crippen LogP contribution in [0.3, 0.4) is 0 Å². The molecule has 7 nitrogen and oxygen atoms in total. The number of rotatable bonds is 4. The topological polar surface area (TPSA) is 95.7 Å². The number of ether oxygens (including phenoxy) is 2. The van der Waals surface area contributed by atoms with Gasteiger partial charge in [0.25, 0.3) is 5.69 Å². The van der Waals surface area contributed by atoms with Crippen molar-refractivity contribution in [3.63, 3.8) is 0 Å². The third-order valence-corrected chi connectivity index (χ3v) is 2.92. The monoisotopic (exact) mass is 301 g/mol. The second-order valence-electron chi connectivity index (χ2n) is 3.76. The van der Waals surface area contributed by atoms with Gasteiger partial charge in [0.05, 0.1) is 12.0 Å². The van der Waals surface area contributed by atoms with Crippen molar-refractivity contribution in [2.75, 3.05) is 7.11 Å². The maximum absolute atomic E-state index is 11.8. The van der Waals surface area contributed by atoms with E-state index in [0.29, 0.717) is 12.0 Å². The molecule has 0 aliphatic carbocycles. The van der Waals surface area contributed by atoms with Crippen LogP contribution in [0.5, 0.6) is 5.75 Å². The molecule has 8 heteroatoms. The minimum atomic E-state index is -1.02. The van der Waals surface area contributed by atoms with Gasteiger partial charge in [0.2, 0.25) is 0 Å². The lowest BCUT2D eigenvalue weighted by molar-refractivity contribution is -0.384. The Bertz CT molecular complexity index is 584. The summed E-state index contributed by atoms with van der Waals surface area (Å²) in [7, 11) is 1.29. The molecule has 1 aromatic rings. The number of hydrogen-bond acceptors (Lipinski definition) is 6. The SMILES string of the molecule is CCc1c(Cl)c([N+](=O)[O-])cc(C(=O)OC(C)=O)c1OC. The molecule has 0 aliphatic rings. The lowest BCUT2D eigenvalue weighted by Crippen LogP contribution is -2.12. The molecular formula is C12H12ClNO6. The molecular weight excluding hydrogens is 290 g/mol. The first kappa shape index (κ1) is 15.9. The van der Waals surface area contributed by atoms with Gasteiger partial charge in [0, 0.05) is 18.6 Å². The molecule has 108 valence electrons. The molecule has 20 heavy (non-hydrogen) atoms. The molecule has 0 radical (unpaired) electrons. The van der Waals surface area contributed by atoms with Crippen LogP contribution >= 0.6 is 11.6 Å². The van der Waals surface area contributed by atoms with Gasteiger partial charge in [-0.05, 0) is 6.42 Å². The van der Waals surface area contributed by atoms with Crippen molar-refractivity contribution in [2.24, 2.45) is 0 Å². The van der Waals surface area contributed by atoms with E-state index in [2.05, 4.69) is 4.74 Å². The summed E-state index contributed by atoms with van der Waals surface area (Å²) in [5.41, 5.74) is -0.352. The summed E-state index contributed by atoms with van der Waals surface area (Å²) in [4.78, 5) is 32.9. The maximum Gasteiger partial charge on any atom is 0.349 e. The molecule has 0 heterocycles. The largest absolute Gasteiger partial charge is 0.495 e. The minimum absolute atomic E-state index is 0.0642. The zero-order valence-corrected chi connectivity index (χ0v) is 11.8. The summed E-state index contributed by atoms with van der Waals surface area (Å²) in [6.45, 7) is 2.75. The highest BCUT2D eigenvalue weighted by Crippen LogP contribution is 2.38. The van der Waals surface area contributed by atoms with Gasteiger partial charge in [0.15, 0.2) is 0 Å². The lowest BCUT2D eigenvalue weighted by Gasteiger charge is -2.13. The van der Waals surface area contributed by atoms with Gasteiger partial charge in [-0.25, -0.2) is 4.79 Å². The van der Waals surface area contributed by atoms with Gasteiger partial charge >= 0.3 is 11.9 Å². The van der Waals surface area contributed by atoms with Crippen LogP contribution in [0.1, 0.15) is 29.8 Å². The lowest BCUT2D eigenvalue weighted by atomic mass is 10.0. The van der Waals surface area contributed by atoms with E-state index in [4.69, 9.17) is 16.3 Å². The summed E-state index contributed by atoms with van der Waals surface area (Å²) in [6.07, 6.45) is 0.310. The Morgan fingerprint density at radius 1 is 1.45 bits per heavy atom. The van der Waals surface area contributed by atoms with Crippen LogP contribution in [0.15, 0.2) is 6.07 Å². The molecule has 0 aliphatic heterocycles. The Morgan fingerprint density at radius 2 is 2.05 bits per heavy atom. The van der Waals surface area contributed by atoms with Gasteiger partial charge in [-0.1, -0.05) is 18.5 Å². The van der Waals surface area contributed by atoms with Crippen molar-refractivity contribution in [3.8, 4) is 5.75 Å². The average molecular weight is 302 g/mol. The normalized spacial score (nSPS) is 10.0. The first-order valence-corrected chi connectivity index (χ1v) is 5.97. The summed E-state index contributed by atoms with van der Waals surface area (Å²) < 4.78 is 9.50. The molecule has 0 aromatic heterocycles. The highest BCUT2D eigenvalue weighted by atomic mass is 35.5. The fraction of sp³-hybridized carbons (Fsp3) is 0.333. The first-order chi connectivity index (χ1) is 9.33. The van der Waals surface area contributed by atoms with Crippen molar-refractivity contribution < 1.29 is 24.0 Å². The zero-order valence-electron chi connectivity index (χ0n) is 11.1. The maximum atomic E-state index is 11.8. The third kappa shape index (κ3) is 3.05. The second-order valence-corrected chi connectivity index (χ2v) is 4.14. The molecule has 0 N–H and O–H groups in total. The van der Waals surface area contributed by atoms with E-state index in [9.17, 15) is 19.7 Å². The predicted molar refractivity (Wildman–Crippen MR) is 70.1 cm³/mol. The number of halogens is 1. The molecule has 1 rings (SSSR count). The molecule has 0 amide bonds. The summed E-state index contributed by atoms with van der Waals surface area (Å²) in [5.74, 6) is -1.79. The van der Waals surface area contributed by atoms with Crippen molar-refractivity contribution in [1.82, 2.24) is 0 Å². The van der Waals surface area contributed by atoms with Gasteiger partial charge < -0.3 is 9.47 Å². The van der Waals surface area contributed by atoms with E-state index in [1.807, 2.05) is 0 Å². The van der Waals surface area contributed by atoms with Crippen molar-refractivity contribution in [3.05, 3.63) is 32.3 Å². The van der Waals surface area contributed by atoms with Crippen molar-refractivity contribution in [1.29, 1.82) is 0 Å². The third-order valence-electron chi connectivity index (χ3n) is 2.50. The van der Waals surface area contributed by atoms with E-state index < -0.39 is 22.5 Å².